The number of rotatable bonds is 3. The van der Waals surface area contributed by atoms with E-state index in [4.69, 9.17) is 24.8 Å². The average molecular weight is 350 g/mol. The quantitative estimate of drug-likeness (QED) is 0.702. The molecule has 0 aromatic carbocycles. The van der Waals surface area contributed by atoms with Gasteiger partial charge < -0.3 is 19.9 Å². The minimum atomic E-state index is -0.909. The van der Waals surface area contributed by atoms with Crippen LogP contribution in [-0.2, 0) is 23.8 Å². The van der Waals surface area contributed by atoms with Crippen molar-refractivity contribution < 1.29 is 23.8 Å². The monoisotopic (exact) mass is 350 g/mol. The van der Waals surface area contributed by atoms with Crippen molar-refractivity contribution in [2.24, 2.45) is 0 Å². The smallest absolute Gasteiger partial charge is 0.275 e. The second-order valence-corrected chi connectivity index (χ2v) is 6.27. The minimum absolute atomic E-state index is 0.260. The van der Waals surface area contributed by atoms with Crippen LogP contribution < -0.4 is 11.2 Å². The molecule has 2 fully saturated rings. The number of carbonyl (C=O) groups is 1. The summed E-state index contributed by atoms with van der Waals surface area (Å²) in [5.41, 5.74) is 9.03. The topological polar surface area (TPSA) is 136 Å². The molecule has 3 N–H and O–H groups in total. The van der Waals surface area contributed by atoms with E-state index in [9.17, 15) is 4.79 Å². The first kappa shape index (κ1) is 16.1. The maximum Gasteiger partial charge on any atom is 0.275 e. The first-order valence-electron chi connectivity index (χ1n) is 7.68. The van der Waals surface area contributed by atoms with Gasteiger partial charge in [0.25, 0.3) is 5.91 Å². The van der Waals surface area contributed by atoms with Gasteiger partial charge in [-0.25, -0.2) is 20.4 Å². The Labute approximate surface area is 142 Å². The molecule has 2 saturated heterocycles. The van der Waals surface area contributed by atoms with Crippen molar-refractivity contribution in [3.8, 4) is 0 Å². The molecule has 0 aliphatic carbocycles. The molecule has 0 bridgehead atoms. The van der Waals surface area contributed by atoms with Gasteiger partial charge in [0.05, 0.1) is 13.4 Å². The number of amides is 1. The van der Waals surface area contributed by atoms with Gasteiger partial charge in [-0.2, -0.15) is 0 Å². The van der Waals surface area contributed by atoms with E-state index in [1.165, 1.54) is 19.8 Å². The maximum atomic E-state index is 12.3. The second kappa shape index (κ2) is 5.59. The molecule has 0 spiro atoms. The van der Waals surface area contributed by atoms with Crippen LogP contribution in [0, 0.1) is 0 Å². The number of nitrogen functional groups attached to an aromatic ring is 1. The molecule has 2 aliphatic heterocycles. The van der Waals surface area contributed by atoms with Gasteiger partial charge in [-0.3, -0.25) is 14.2 Å². The predicted octanol–water partition coefficient (Wildman–Crippen LogP) is -0.496. The molecule has 4 rings (SSSR count). The highest BCUT2D eigenvalue weighted by Gasteiger charge is 2.58. The molecule has 11 nitrogen and oxygen atoms in total. The van der Waals surface area contributed by atoms with E-state index in [0.717, 1.165) is 0 Å². The molecule has 134 valence electrons. The van der Waals surface area contributed by atoms with Crippen LogP contribution in [0.3, 0.4) is 0 Å². The number of nitrogens with zero attached hydrogens (tertiary/aromatic N) is 4. The highest BCUT2D eigenvalue weighted by atomic mass is 16.8. The van der Waals surface area contributed by atoms with Gasteiger partial charge in [0.2, 0.25) is 0 Å². The summed E-state index contributed by atoms with van der Waals surface area (Å²) < 4.78 is 19.4. The lowest BCUT2D eigenvalue weighted by Crippen LogP contribution is -2.42. The summed E-state index contributed by atoms with van der Waals surface area (Å²) in [6.45, 7) is 3.56. The van der Waals surface area contributed by atoms with Crippen molar-refractivity contribution in [2.75, 3.05) is 12.8 Å². The normalized spacial score (nSPS) is 30.5. The molecule has 1 amide bonds. The Morgan fingerprint density at radius 1 is 1.32 bits per heavy atom. The summed E-state index contributed by atoms with van der Waals surface area (Å²) in [6, 6.07) is 0. The highest BCUT2D eigenvalue weighted by molar-refractivity contribution is 5.82. The fourth-order valence-corrected chi connectivity index (χ4v) is 3.23. The third kappa shape index (κ3) is 2.52. The molecule has 4 atom stereocenters. The van der Waals surface area contributed by atoms with Gasteiger partial charge in [-0.15, -0.1) is 0 Å². The predicted molar refractivity (Wildman–Crippen MR) is 82.6 cm³/mol. The number of anilines is 1. The number of aromatic nitrogens is 4. The lowest BCUT2D eigenvalue weighted by molar-refractivity contribution is -0.199. The maximum absolute atomic E-state index is 12.3. The Balaban J connectivity index is 1.73. The third-order valence-corrected chi connectivity index (χ3v) is 4.15. The number of hydrogen-bond acceptors (Lipinski definition) is 9. The van der Waals surface area contributed by atoms with Crippen LogP contribution in [-0.4, -0.2) is 56.6 Å². The lowest BCUT2D eigenvalue weighted by Gasteiger charge is -2.24. The van der Waals surface area contributed by atoms with Crippen LogP contribution >= 0.6 is 0 Å². The number of nitrogens with two attached hydrogens (primary N) is 1. The van der Waals surface area contributed by atoms with Gasteiger partial charge in [-0.05, 0) is 13.8 Å². The average Bonchev–Trinajstić information content (AvgIpc) is 3.18. The zero-order valence-electron chi connectivity index (χ0n) is 13.9. The minimum Gasteiger partial charge on any atom is -0.382 e. The summed E-state index contributed by atoms with van der Waals surface area (Å²) in [5.74, 6) is -1.05. The molecule has 0 unspecified atom stereocenters. The van der Waals surface area contributed by atoms with Gasteiger partial charge in [0, 0.05) is 0 Å². The highest BCUT2D eigenvalue weighted by Crippen LogP contribution is 2.43. The zero-order valence-corrected chi connectivity index (χ0v) is 13.9. The summed E-state index contributed by atoms with van der Waals surface area (Å²) in [4.78, 5) is 29.3. The van der Waals surface area contributed by atoms with Crippen LogP contribution in [0.15, 0.2) is 12.7 Å². The van der Waals surface area contributed by atoms with Crippen molar-refractivity contribution in [3.63, 3.8) is 0 Å². The number of hydroxylamine groups is 1. The standard InChI is InChI=1S/C14H18N6O5/c1-14(2)24-7-8(12(21)19-22-3)23-13(9(7)25-14)20-5-18-6-10(15)16-4-17-11(6)20/h4-5,7-9,13H,1-3H3,(H,19,21)(H2,15,16,17)/t7-,8+,9-,13-/m1/s1. The fourth-order valence-electron chi connectivity index (χ4n) is 3.23. The van der Waals surface area contributed by atoms with Crippen LogP contribution in [0.25, 0.3) is 11.2 Å². The summed E-state index contributed by atoms with van der Waals surface area (Å²) in [7, 11) is 1.35. The first-order chi connectivity index (χ1) is 11.9. The van der Waals surface area contributed by atoms with Crippen molar-refractivity contribution >= 4 is 22.9 Å². The Morgan fingerprint density at radius 3 is 2.84 bits per heavy atom. The number of imidazole rings is 1. The van der Waals surface area contributed by atoms with Gasteiger partial charge in [0.1, 0.15) is 24.1 Å². The Kier molecular flexibility index (Phi) is 3.61. The lowest BCUT2D eigenvalue weighted by atomic mass is 10.1. The molecular weight excluding hydrogens is 332 g/mol. The zero-order chi connectivity index (χ0) is 17.8. The number of fused-ring (bicyclic) bond motifs is 2. The van der Waals surface area contributed by atoms with E-state index >= 15 is 0 Å². The third-order valence-electron chi connectivity index (χ3n) is 4.15. The van der Waals surface area contributed by atoms with Crippen molar-refractivity contribution in [3.05, 3.63) is 12.7 Å². The summed E-state index contributed by atoms with van der Waals surface area (Å²) in [5, 5.41) is 0. The number of carbonyl (C=O) groups excluding carboxylic acids is 1. The Morgan fingerprint density at radius 2 is 2.08 bits per heavy atom. The van der Waals surface area contributed by atoms with Crippen LogP contribution in [0.5, 0.6) is 0 Å². The van der Waals surface area contributed by atoms with Crippen molar-refractivity contribution in [2.45, 2.75) is 44.2 Å². The summed E-state index contributed by atoms with van der Waals surface area (Å²) >= 11 is 0. The number of hydrogen-bond donors (Lipinski definition) is 2. The molecule has 4 heterocycles. The van der Waals surface area contributed by atoms with Crippen molar-refractivity contribution in [1.82, 2.24) is 25.0 Å². The Hall–Kier alpha value is -2.34. The molecule has 25 heavy (non-hydrogen) atoms. The summed E-state index contributed by atoms with van der Waals surface area (Å²) in [6.07, 6.45) is 0.158. The number of ether oxygens (including phenoxy) is 3. The Bertz CT molecular complexity index is 823. The molecular formula is C14H18N6O5. The molecule has 2 aliphatic rings. The molecule has 2 aromatic rings. The van der Waals surface area contributed by atoms with Gasteiger partial charge >= 0.3 is 0 Å². The second-order valence-electron chi connectivity index (χ2n) is 6.27. The largest absolute Gasteiger partial charge is 0.382 e. The van der Waals surface area contributed by atoms with E-state index in [-0.39, 0.29) is 5.82 Å². The molecule has 0 saturated carbocycles. The molecule has 11 heteroatoms. The van der Waals surface area contributed by atoms with Crippen molar-refractivity contribution in [1.29, 1.82) is 0 Å². The van der Waals surface area contributed by atoms with Crippen LogP contribution in [0.1, 0.15) is 20.1 Å². The number of nitrogens with one attached hydrogen (secondary N) is 1. The fraction of sp³-hybridized carbons (Fsp3) is 0.571. The molecule has 0 radical (unpaired) electrons. The van der Waals surface area contributed by atoms with E-state index in [1.54, 1.807) is 18.4 Å². The van der Waals surface area contributed by atoms with Crippen LogP contribution in [0.2, 0.25) is 0 Å². The van der Waals surface area contributed by atoms with E-state index in [1.807, 2.05) is 0 Å². The first-order valence-corrected chi connectivity index (χ1v) is 7.68. The van der Waals surface area contributed by atoms with Gasteiger partial charge in [0.15, 0.2) is 29.6 Å². The van der Waals surface area contributed by atoms with E-state index < -0.39 is 36.2 Å². The van der Waals surface area contributed by atoms with E-state index in [0.29, 0.717) is 11.2 Å². The van der Waals surface area contributed by atoms with Crippen LogP contribution in [0.4, 0.5) is 5.82 Å². The SMILES string of the molecule is CONC(=O)[C@H]1O[C@@H](n2cnc3c(N)ncnc32)[C@@H]2OC(C)(C)O[C@@H]21. The van der Waals surface area contributed by atoms with E-state index in [2.05, 4.69) is 20.4 Å². The molecule has 2 aromatic heterocycles. The van der Waals surface area contributed by atoms with Gasteiger partial charge in [-0.1, -0.05) is 0 Å².